The number of amides is 1. The predicted octanol–water partition coefficient (Wildman–Crippen LogP) is 6.20. The van der Waals surface area contributed by atoms with Gasteiger partial charge in [0, 0.05) is 24.8 Å². The standard InChI is InChI=1S/C34H42N4O3S/c1-7-37-31(35-38(33(37)40)23-25-13-18-29(19-14-25)34(2,3)4)10-8-9-24-11-15-26(16-12-24)27-17-20-30(41-5)28(21-27)22-32(39)36-42-6/h11-21H,7-10,22-23H2,1-6H3,(H,36,39). The molecule has 7 nitrogen and oxygen atoms in total. The summed E-state index contributed by atoms with van der Waals surface area (Å²) >= 11 is 1.29. The van der Waals surface area contributed by atoms with Gasteiger partial charge in [-0.2, -0.15) is 5.10 Å². The number of nitrogens with one attached hydrogen (secondary N) is 1. The van der Waals surface area contributed by atoms with Crippen molar-refractivity contribution in [1.29, 1.82) is 0 Å². The highest BCUT2D eigenvalue weighted by Gasteiger charge is 2.15. The summed E-state index contributed by atoms with van der Waals surface area (Å²) in [5.41, 5.74) is 6.60. The molecule has 0 bridgehead atoms. The number of aromatic nitrogens is 3. The predicted molar refractivity (Wildman–Crippen MR) is 172 cm³/mol. The second kappa shape index (κ2) is 13.9. The van der Waals surface area contributed by atoms with Gasteiger partial charge in [-0.25, -0.2) is 9.48 Å². The van der Waals surface area contributed by atoms with Gasteiger partial charge in [0.1, 0.15) is 11.6 Å². The Hall–Kier alpha value is -3.78. The van der Waals surface area contributed by atoms with Crippen LogP contribution in [0.4, 0.5) is 0 Å². The van der Waals surface area contributed by atoms with Gasteiger partial charge in [-0.15, -0.1) is 0 Å². The molecule has 8 heteroatoms. The second-order valence-corrected chi connectivity index (χ2v) is 12.1. The minimum Gasteiger partial charge on any atom is -0.496 e. The Morgan fingerprint density at radius 1 is 0.952 bits per heavy atom. The van der Waals surface area contributed by atoms with E-state index in [0.29, 0.717) is 18.8 Å². The number of carbonyl (C=O) groups is 1. The molecule has 1 heterocycles. The van der Waals surface area contributed by atoms with Gasteiger partial charge in [-0.05, 0) is 65.1 Å². The third kappa shape index (κ3) is 7.73. The van der Waals surface area contributed by atoms with Gasteiger partial charge in [-0.1, -0.05) is 87.3 Å². The molecule has 0 atom stereocenters. The first kappa shape index (κ1) is 31.2. The fourth-order valence-electron chi connectivity index (χ4n) is 5.11. The first-order chi connectivity index (χ1) is 20.1. The van der Waals surface area contributed by atoms with Gasteiger partial charge < -0.3 is 9.46 Å². The maximum Gasteiger partial charge on any atom is 0.346 e. The van der Waals surface area contributed by atoms with E-state index in [1.807, 2.05) is 31.4 Å². The molecule has 1 N–H and O–H groups in total. The number of carbonyl (C=O) groups excluding carboxylic acids is 1. The van der Waals surface area contributed by atoms with Crippen molar-refractivity contribution >= 4 is 17.9 Å². The number of aryl methyl sites for hydroxylation is 2. The van der Waals surface area contributed by atoms with Crippen molar-refractivity contribution in [1.82, 2.24) is 19.1 Å². The van der Waals surface area contributed by atoms with Crippen molar-refractivity contribution in [2.75, 3.05) is 13.4 Å². The van der Waals surface area contributed by atoms with Gasteiger partial charge in [0.25, 0.3) is 0 Å². The van der Waals surface area contributed by atoms with Crippen molar-refractivity contribution in [3.8, 4) is 16.9 Å². The normalized spacial score (nSPS) is 11.5. The lowest BCUT2D eigenvalue weighted by Crippen LogP contribution is -2.25. The van der Waals surface area contributed by atoms with Gasteiger partial charge in [0.15, 0.2) is 0 Å². The molecule has 0 aliphatic heterocycles. The van der Waals surface area contributed by atoms with E-state index in [1.165, 1.54) is 23.1 Å². The van der Waals surface area contributed by atoms with E-state index in [-0.39, 0.29) is 23.4 Å². The molecule has 0 radical (unpaired) electrons. The van der Waals surface area contributed by atoms with Crippen molar-refractivity contribution in [2.24, 2.45) is 0 Å². The Balaban J connectivity index is 1.39. The minimum atomic E-state index is -0.0543. The zero-order chi connectivity index (χ0) is 30.3. The van der Waals surface area contributed by atoms with Crippen molar-refractivity contribution < 1.29 is 9.53 Å². The molecule has 4 rings (SSSR count). The summed E-state index contributed by atoms with van der Waals surface area (Å²) in [4.78, 5) is 25.2. The fraction of sp³-hybridized carbons (Fsp3) is 0.382. The number of ether oxygens (including phenoxy) is 1. The van der Waals surface area contributed by atoms with E-state index >= 15 is 0 Å². The highest BCUT2D eigenvalue weighted by molar-refractivity contribution is 7.97. The maximum atomic E-state index is 13.0. The Labute approximate surface area is 253 Å². The van der Waals surface area contributed by atoms with E-state index in [0.717, 1.165) is 47.3 Å². The van der Waals surface area contributed by atoms with Gasteiger partial charge in [0.05, 0.1) is 20.1 Å². The molecule has 0 saturated heterocycles. The summed E-state index contributed by atoms with van der Waals surface area (Å²) in [6, 6.07) is 22.9. The minimum absolute atomic E-state index is 0.0541. The van der Waals surface area contributed by atoms with Crippen LogP contribution in [0.1, 0.15) is 62.2 Å². The Kier molecular flexibility index (Phi) is 10.3. The van der Waals surface area contributed by atoms with Crippen LogP contribution in [0.3, 0.4) is 0 Å². The van der Waals surface area contributed by atoms with Crippen molar-refractivity contribution in [3.05, 3.63) is 105 Å². The van der Waals surface area contributed by atoms with Crippen molar-refractivity contribution in [3.63, 3.8) is 0 Å². The van der Waals surface area contributed by atoms with E-state index in [2.05, 4.69) is 74.0 Å². The molecule has 1 aromatic heterocycles. The molecular weight excluding hydrogens is 544 g/mol. The van der Waals surface area contributed by atoms with E-state index in [1.54, 1.807) is 16.4 Å². The molecule has 0 aliphatic carbocycles. The summed E-state index contributed by atoms with van der Waals surface area (Å²) in [7, 11) is 1.62. The zero-order valence-corrected chi connectivity index (χ0v) is 26.4. The molecule has 0 unspecified atom stereocenters. The van der Waals surface area contributed by atoms with Crippen LogP contribution in [0, 0.1) is 0 Å². The Morgan fingerprint density at radius 2 is 1.62 bits per heavy atom. The van der Waals surface area contributed by atoms with Gasteiger partial charge in [0.2, 0.25) is 5.91 Å². The molecule has 3 aromatic carbocycles. The lowest BCUT2D eigenvalue weighted by molar-refractivity contribution is -0.118. The zero-order valence-electron chi connectivity index (χ0n) is 25.6. The topological polar surface area (TPSA) is 78.2 Å². The van der Waals surface area contributed by atoms with Crippen LogP contribution in [0.15, 0.2) is 71.5 Å². The molecule has 4 aromatic rings. The average Bonchev–Trinajstić information content (AvgIpc) is 3.26. The lowest BCUT2D eigenvalue weighted by Gasteiger charge is -2.19. The molecule has 0 aliphatic rings. The van der Waals surface area contributed by atoms with E-state index in [9.17, 15) is 9.59 Å². The average molecular weight is 587 g/mol. The number of hydrogen-bond donors (Lipinski definition) is 1. The summed E-state index contributed by atoms with van der Waals surface area (Å²) in [6.45, 7) is 9.67. The number of nitrogens with zero attached hydrogens (tertiary/aromatic N) is 3. The smallest absolute Gasteiger partial charge is 0.346 e. The van der Waals surface area contributed by atoms with Gasteiger partial charge >= 0.3 is 5.69 Å². The van der Waals surface area contributed by atoms with Crippen molar-refractivity contribution in [2.45, 2.75) is 71.9 Å². The van der Waals surface area contributed by atoms with Crippen LogP contribution >= 0.6 is 11.9 Å². The lowest BCUT2D eigenvalue weighted by atomic mass is 9.87. The summed E-state index contributed by atoms with van der Waals surface area (Å²) in [5.74, 6) is 1.49. The third-order valence-electron chi connectivity index (χ3n) is 7.47. The van der Waals surface area contributed by atoms with Crippen LogP contribution in [0.2, 0.25) is 0 Å². The number of hydrogen-bond acceptors (Lipinski definition) is 5. The molecule has 1 amide bonds. The Bertz CT molecular complexity index is 1550. The third-order valence-corrected chi connectivity index (χ3v) is 7.90. The molecule has 42 heavy (non-hydrogen) atoms. The molecule has 0 spiro atoms. The summed E-state index contributed by atoms with van der Waals surface area (Å²) in [6.07, 6.45) is 4.62. The molecular formula is C34H42N4O3S. The maximum absolute atomic E-state index is 13.0. The number of methoxy groups -OCH3 is 1. The van der Waals surface area contributed by atoms with Crippen LogP contribution in [-0.4, -0.2) is 33.6 Å². The van der Waals surface area contributed by atoms with Crippen LogP contribution < -0.4 is 15.1 Å². The van der Waals surface area contributed by atoms with E-state index < -0.39 is 0 Å². The van der Waals surface area contributed by atoms with Gasteiger partial charge in [-0.3, -0.25) is 9.36 Å². The van der Waals surface area contributed by atoms with E-state index in [4.69, 9.17) is 9.84 Å². The number of benzene rings is 3. The Morgan fingerprint density at radius 3 is 2.24 bits per heavy atom. The summed E-state index contributed by atoms with van der Waals surface area (Å²) in [5, 5.41) is 4.71. The largest absolute Gasteiger partial charge is 0.496 e. The van der Waals surface area contributed by atoms with Crippen LogP contribution in [-0.2, 0) is 42.6 Å². The highest BCUT2D eigenvalue weighted by atomic mass is 32.2. The second-order valence-electron chi connectivity index (χ2n) is 11.5. The monoisotopic (exact) mass is 586 g/mol. The van der Waals surface area contributed by atoms with Crippen LogP contribution in [0.25, 0.3) is 11.1 Å². The molecule has 222 valence electrons. The molecule has 0 saturated carbocycles. The summed E-state index contributed by atoms with van der Waals surface area (Å²) < 4.78 is 11.6. The van der Waals surface area contributed by atoms with Crippen LogP contribution in [0.5, 0.6) is 5.75 Å². The SMILES string of the molecule is CCn1c(CCCc2ccc(-c3ccc(OC)c(CC(=O)NSC)c3)cc2)nn(Cc2ccc(C(C)(C)C)cc2)c1=O. The first-order valence-corrected chi connectivity index (χ1v) is 15.7. The fourth-order valence-corrected chi connectivity index (χ4v) is 5.41. The highest BCUT2D eigenvalue weighted by Crippen LogP contribution is 2.28. The molecule has 0 fully saturated rings. The quantitative estimate of drug-likeness (QED) is 0.200. The first-order valence-electron chi connectivity index (χ1n) is 14.5. The number of rotatable bonds is 12.